The molecule has 0 saturated heterocycles. The van der Waals surface area contributed by atoms with Crippen LogP contribution in [0.2, 0.25) is 5.02 Å². The molecule has 0 atom stereocenters. The first-order chi connectivity index (χ1) is 9.56. The summed E-state index contributed by atoms with van der Waals surface area (Å²) in [5, 5.41) is 13.6. The summed E-state index contributed by atoms with van der Waals surface area (Å²) >= 11 is 5.81. The lowest BCUT2D eigenvalue weighted by Gasteiger charge is -2.00. The number of carbonyl (C=O) groups is 1. The molecule has 20 heavy (non-hydrogen) atoms. The molecule has 3 rings (SSSR count). The van der Waals surface area contributed by atoms with Crippen LogP contribution in [0.25, 0.3) is 16.8 Å². The molecule has 5 nitrogen and oxygen atoms in total. The third-order valence-electron chi connectivity index (χ3n) is 2.78. The number of hydrogen-bond donors (Lipinski definition) is 1. The molecule has 1 aromatic carbocycles. The number of hydrogen-bond acceptors (Lipinski definition) is 3. The minimum absolute atomic E-state index is 0.189. The lowest BCUT2D eigenvalue weighted by Crippen LogP contribution is -1.99. The molecule has 0 spiro atoms. The maximum Gasteiger partial charge on any atom is 0.357 e. The minimum atomic E-state index is -1.21. The van der Waals surface area contributed by atoms with Crippen molar-refractivity contribution in [1.29, 1.82) is 0 Å². The Morgan fingerprint density at radius 1 is 1.30 bits per heavy atom. The number of halogens is 2. The first-order valence-electron chi connectivity index (χ1n) is 5.59. The smallest absolute Gasteiger partial charge is 0.357 e. The summed E-state index contributed by atoms with van der Waals surface area (Å²) in [4.78, 5) is 15.2. The summed E-state index contributed by atoms with van der Waals surface area (Å²) in [6, 6.07) is 6.60. The van der Waals surface area contributed by atoms with E-state index in [2.05, 4.69) is 10.1 Å². The molecule has 2 heterocycles. The molecule has 0 saturated carbocycles. The number of rotatable bonds is 2. The predicted octanol–water partition coefficient (Wildman–Crippen LogP) is 2.89. The minimum Gasteiger partial charge on any atom is -0.476 e. The van der Waals surface area contributed by atoms with Crippen LogP contribution in [0.1, 0.15) is 10.5 Å². The van der Waals surface area contributed by atoms with E-state index in [9.17, 15) is 14.3 Å². The Balaban J connectivity index is 2.34. The molecule has 1 N–H and O–H groups in total. The van der Waals surface area contributed by atoms with Crippen molar-refractivity contribution in [3.05, 3.63) is 53.2 Å². The summed E-state index contributed by atoms with van der Waals surface area (Å²) in [7, 11) is 0. The van der Waals surface area contributed by atoms with Crippen molar-refractivity contribution in [2.75, 3.05) is 0 Å². The second-order valence-corrected chi connectivity index (χ2v) is 4.51. The summed E-state index contributed by atoms with van der Waals surface area (Å²) < 4.78 is 14.3. The molecule has 3 aromatic rings. The van der Waals surface area contributed by atoms with Gasteiger partial charge in [-0.15, -0.1) is 0 Å². The van der Waals surface area contributed by atoms with Crippen molar-refractivity contribution in [1.82, 2.24) is 14.6 Å². The van der Waals surface area contributed by atoms with Gasteiger partial charge in [0.05, 0.1) is 18.0 Å². The van der Waals surface area contributed by atoms with Gasteiger partial charge < -0.3 is 5.11 Å². The van der Waals surface area contributed by atoms with Gasteiger partial charge in [0.2, 0.25) is 0 Å². The van der Waals surface area contributed by atoms with Crippen molar-refractivity contribution in [2.45, 2.75) is 0 Å². The number of nitrogens with zero attached hydrogens (tertiary/aromatic N) is 3. The van der Waals surface area contributed by atoms with Crippen LogP contribution in [-0.4, -0.2) is 25.7 Å². The van der Waals surface area contributed by atoms with E-state index in [1.807, 2.05) is 0 Å². The number of benzene rings is 1. The van der Waals surface area contributed by atoms with E-state index in [4.69, 9.17) is 11.6 Å². The zero-order chi connectivity index (χ0) is 14.3. The van der Waals surface area contributed by atoms with E-state index in [0.717, 1.165) is 16.9 Å². The maximum absolute atomic E-state index is 13.1. The van der Waals surface area contributed by atoms with Gasteiger partial charge in [-0.3, -0.25) is 0 Å². The molecule has 0 aliphatic heterocycles. The van der Waals surface area contributed by atoms with E-state index in [1.54, 1.807) is 24.3 Å². The fraction of sp³-hybridized carbons (Fsp3) is 0. The van der Waals surface area contributed by atoms with E-state index in [0.29, 0.717) is 16.1 Å². The number of fused-ring (bicyclic) bond motifs is 1. The summed E-state index contributed by atoms with van der Waals surface area (Å²) in [5.41, 5.74) is 1.01. The highest BCUT2D eigenvalue weighted by atomic mass is 35.5. The van der Waals surface area contributed by atoms with Gasteiger partial charge in [-0.1, -0.05) is 23.7 Å². The van der Waals surface area contributed by atoms with Gasteiger partial charge in [0.1, 0.15) is 0 Å². The average molecular weight is 292 g/mol. The van der Waals surface area contributed by atoms with Gasteiger partial charge in [0.15, 0.2) is 17.2 Å². The van der Waals surface area contributed by atoms with Crippen LogP contribution in [0, 0.1) is 5.82 Å². The van der Waals surface area contributed by atoms with Gasteiger partial charge in [-0.25, -0.2) is 18.7 Å². The Morgan fingerprint density at radius 3 is 2.65 bits per heavy atom. The third kappa shape index (κ3) is 2.00. The zero-order valence-corrected chi connectivity index (χ0v) is 10.7. The van der Waals surface area contributed by atoms with E-state index < -0.39 is 11.8 Å². The molecule has 100 valence electrons. The monoisotopic (exact) mass is 291 g/mol. The van der Waals surface area contributed by atoms with Gasteiger partial charge >= 0.3 is 5.97 Å². The van der Waals surface area contributed by atoms with E-state index in [1.165, 1.54) is 0 Å². The lowest BCUT2D eigenvalue weighted by atomic mass is 10.1. The Hall–Kier alpha value is -2.47. The van der Waals surface area contributed by atoms with Crippen molar-refractivity contribution >= 4 is 23.2 Å². The number of aromatic nitrogens is 3. The van der Waals surface area contributed by atoms with Gasteiger partial charge in [0.25, 0.3) is 0 Å². The summed E-state index contributed by atoms with van der Waals surface area (Å²) in [6.45, 7) is 0. The van der Waals surface area contributed by atoms with Crippen LogP contribution >= 0.6 is 11.6 Å². The summed E-state index contributed by atoms with van der Waals surface area (Å²) in [5.74, 6) is -1.81. The molecular weight excluding hydrogens is 285 g/mol. The lowest BCUT2D eigenvalue weighted by molar-refractivity contribution is 0.0691. The van der Waals surface area contributed by atoms with Crippen LogP contribution < -0.4 is 0 Å². The van der Waals surface area contributed by atoms with Crippen molar-refractivity contribution in [3.8, 4) is 11.1 Å². The Kier molecular flexibility index (Phi) is 2.87. The van der Waals surface area contributed by atoms with Gasteiger partial charge in [-0.2, -0.15) is 5.10 Å². The van der Waals surface area contributed by atoms with Crippen LogP contribution in [0.15, 0.2) is 36.7 Å². The number of carboxylic acid groups (broad SMARTS) is 1. The van der Waals surface area contributed by atoms with E-state index in [-0.39, 0.29) is 11.3 Å². The first-order valence-corrected chi connectivity index (χ1v) is 5.97. The first kappa shape index (κ1) is 12.6. The SMILES string of the molecule is O=C(O)c1nn2cc(F)cnc2c1-c1ccc(Cl)cc1. The predicted molar refractivity (Wildman–Crippen MR) is 70.4 cm³/mol. The largest absolute Gasteiger partial charge is 0.476 e. The van der Waals surface area contributed by atoms with Crippen LogP contribution in [0.3, 0.4) is 0 Å². The van der Waals surface area contributed by atoms with Gasteiger partial charge in [0, 0.05) is 5.02 Å². The molecule has 0 aliphatic rings. The van der Waals surface area contributed by atoms with Crippen LogP contribution in [0.5, 0.6) is 0 Å². The number of carboxylic acids is 1. The Labute approximate surface area is 117 Å². The van der Waals surface area contributed by atoms with Gasteiger partial charge in [-0.05, 0) is 17.7 Å². The standard InChI is InChI=1S/C13H7ClFN3O2/c14-8-3-1-7(2-4-8)10-11(13(19)20)17-18-6-9(15)5-16-12(10)18/h1-6H,(H,19,20). The highest BCUT2D eigenvalue weighted by molar-refractivity contribution is 6.30. The maximum atomic E-state index is 13.1. The third-order valence-corrected chi connectivity index (χ3v) is 3.03. The normalized spacial score (nSPS) is 10.9. The zero-order valence-electron chi connectivity index (χ0n) is 9.92. The molecule has 0 amide bonds. The van der Waals surface area contributed by atoms with Crippen molar-refractivity contribution in [2.24, 2.45) is 0 Å². The molecule has 0 aliphatic carbocycles. The second-order valence-electron chi connectivity index (χ2n) is 4.08. The summed E-state index contributed by atoms with van der Waals surface area (Å²) in [6.07, 6.45) is 2.09. The molecule has 0 fully saturated rings. The fourth-order valence-electron chi connectivity index (χ4n) is 1.94. The Bertz CT molecular complexity index is 814. The fourth-order valence-corrected chi connectivity index (χ4v) is 2.07. The van der Waals surface area contributed by atoms with Crippen LogP contribution in [-0.2, 0) is 0 Å². The van der Waals surface area contributed by atoms with E-state index >= 15 is 0 Å². The number of aromatic carboxylic acids is 1. The molecule has 7 heteroatoms. The highest BCUT2D eigenvalue weighted by Gasteiger charge is 2.21. The van der Waals surface area contributed by atoms with Crippen molar-refractivity contribution in [3.63, 3.8) is 0 Å². The van der Waals surface area contributed by atoms with Crippen molar-refractivity contribution < 1.29 is 14.3 Å². The molecule has 0 bridgehead atoms. The second kappa shape index (κ2) is 4.57. The molecule has 0 radical (unpaired) electrons. The molecule has 0 unspecified atom stereocenters. The average Bonchev–Trinajstić information content (AvgIpc) is 2.78. The Morgan fingerprint density at radius 2 is 2.00 bits per heavy atom. The highest BCUT2D eigenvalue weighted by Crippen LogP contribution is 2.28. The molecule has 2 aromatic heterocycles. The quantitative estimate of drug-likeness (QED) is 0.788. The molecular formula is C13H7ClFN3O2. The van der Waals surface area contributed by atoms with Crippen LogP contribution in [0.4, 0.5) is 4.39 Å². The topological polar surface area (TPSA) is 67.5 Å².